The number of rotatable bonds is 6. The monoisotopic (exact) mass is 397 g/mol. The number of ether oxygens (including phenoxy) is 4. The Morgan fingerprint density at radius 3 is 2.69 bits per heavy atom. The lowest BCUT2D eigenvalue weighted by Crippen LogP contribution is -2.20. The number of anilines is 1. The van der Waals surface area contributed by atoms with Crippen molar-refractivity contribution < 1.29 is 28.5 Å². The van der Waals surface area contributed by atoms with Crippen molar-refractivity contribution in [3.05, 3.63) is 53.1 Å². The highest BCUT2D eigenvalue weighted by Gasteiger charge is 2.18. The molecule has 29 heavy (non-hydrogen) atoms. The van der Waals surface area contributed by atoms with Gasteiger partial charge in [0.15, 0.2) is 18.1 Å². The van der Waals surface area contributed by atoms with Gasteiger partial charge in [-0.15, -0.1) is 0 Å². The quantitative estimate of drug-likeness (QED) is 0.595. The van der Waals surface area contributed by atoms with Gasteiger partial charge < -0.3 is 24.3 Å². The summed E-state index contributed by atoms with van der Waals surface area (Å²) >= 11 is 0. The lowest BCUT2D eigenvalue weighted by Gasteiger charge is -2.20. The molecule has 0 bridgehead atoms. The molecule has 1 heterocycles. The zero-order valence-corrected chi connectivity index (χ0v) is 16.6. The van der Waals surface area contributed by atoms with Crippen molar-refractivity contribution in [1.82, 2.24) is 0 Å². The maximum atomic E-state index is 12.0. The van der Waals surface area contributed by atoms with E-state index < -0.39 is 11.9 Å². The molecule has 0 saturated carbocycles. The van der Waals surface area contributed by atoms with E-state index >= 15 is 0 Å². The summed E-state index contributed by atoms with van der Waals surface area (Å²) in [5, 5.41) is 2.73. The molecule has 0 radical (unpaired) electrons. The Kier molecular flexibility index (Phi) is 6.39. The van der Waals surface area contributed by atoms with Crippen LogP contribution in [-0.4, -0.2) is 38.8 Å². The van der Waals surface area contributed by atoms with E-state index in [4.69, 9.17) is 18.9 Å². The number of fused-ring (bicyclic) bond motifs is 1. The van der Waals surface area contributed by atoms with Gasteiger partial charge in [-0.2, -0.15) is 0 Å². The van der Waals surface area contributed by atoms with Crippen molar-refractivity contribution in [3.63, 3.8) is 0 Å². The first-order valence-corrected chi connectivity index (χ1v) is 9.16. The fourth-order valence-electron chi connectivity index (χ4n) is 2.88. The number of esters is 1. The Morgan fingerprint density at radius 2 is 1.93 bits per heavy atom. The SMILES string of the molecule is COc1cc(/C=C/C(=O)OCC(=O)Nc2ccc(C)cc2C)cc2c1OCCO2. The average Bonchev–Trinajstić information content (AvgIpc) is 2.72. The van der Waals surface area contributed by atoms with Crippen LogP contribution in [0.4, 0.5) is 5.69 Å². The molecule has 1 aliphatic rings. The number of hydrogen-bond acceptors (Lipinski definition) is 6. The van der Waals surface area contributed by atoms with Crippen LogP contribution in [0, 0.1) is 13.8 Å². The minimum atomic E-state index is -0.630. The molecule has 0 aromatic heterocycles. The maximum Gasteiger partial charge on any atom is 0.331 e. The van der Waals surface area contributed by atoms with E-state index in [0.29, 0.717) is 41.7 Å². The summed E-state index contributed by atoms with van der Waals surface area (Å²) in [6.45, 7) is 4.40. The largest absolute Gasteiger partial charge is 0.493 e. The van der Waals surface area contributed by atoms with Crippen molar-refractivity contribution in [1.29, 1.82) is 0 Å². The molecule has 3 rings (SSSR count). The van der Waals surface area contributed by atoms with Gasteiger partial charge in [-0.25, -0.2) is 4.79 Å². The summed E-state index contributed by atoms with van der Waals surface area (Å²) in [6, 6.07) is 9.16. The minimum absolute atomic E-state index is 0.374. The van der Waals surface area contributed by atoms with Crippen LogP contribution in [-0.2, 0) is 14.3 Å². The lowest BCUT2D eigenvalue weighted by molar-refractivity contribution is -0.142. The number of methoxy groups -OCH3 is 1. The molecule has 152 valence electrons. The first-order chi connectivity index (χ1) is 14.0. The van der Waals surface area contributed by atoms with Crippen LogP contribution in [0.1, 0.15) is 16.7 Å². The van der Waals surface area contributed by atoms with Crippen LogP contribution >= 0.6 is 0 Å². The highest BCUT2D eigenvalue weighted by atomic mass is 16.6. The van der Waals surface area contributed by atoms with E-state index in [-0.39, 0.29) is 6.61 Å². The number of benzene rings is 2. The molecule has 0 spiro atoms. The number of aryl methyl sites for hydroxylation is 2. The smallest absolute Gasteiger partial charge is 0.331 e. The van der Waals surface area contributed by atoms with Gasteiger partial charge in [-0.1, -0.05) is 17.7 Å². The zero-order chi connectivity index (χ0) is 20.8. The second-order valence-electron chi connectivity index (χ2n) is 6.55. The highest BCUT2D eigenvalue weighted by Crippen LogP contribution is 2.40. The van der Waals surface area contributed by atoms with Crippen molar-refractivity contribution in [3.8, 4) is 17.2 Å². The Balaban J connectivity index is 1.56. The summed E-state index contributed by atoms with van der Waals surface area (Å²) in [7, 11) is 1.53. The van der Waals surface area contributed by atoms with Gasteiger partial charge in [-0.05, 0) is 49.2 Å². The number of nitrogens with one attached hydrogen (secondary N) is 1. The van der Waals surface area contributed by atoms with Gasteiger partial charge in [0.05, 0.1) is 7.11 Å². The molecule has 0 saturated heterocycles. The van der Waals surface area contributed by atoms with Crippen molar-refractivity contribution >= 4 is 23.6 Å². The molecule has 2 aromatic rings. The van der Waals surface area contributed by atoms with E-state index in [0.717, 1.165) is 11.1 Å². The molecule has 0 aliphatic carbocycles. The van der Waals surface area contributed by atoms with Crippen LogP contribution in [0.15, 0.2) is 36.4 Å². The molecule has 7 nitrogen and oxygen atoms in total. The van der Waals surface area contributed by atoms with Crippen LogP contribution in [0.5, 0.6) is 17.2 Å². The molecule has 0 atom stereocenters. The highest BCUT2D eigenvalue weighted by molar-refractivity contribution is 5.95. The first kappa shape index (κ1) is 20.3. The first-order valence-electron chi connectivity index (χ1n) is 9.16. The maximum absolute atomic E-state index is 12.0. The lowest BCUT2D eigenvalue weighted by atomic mass is 10.1. The van der Waals surface area contributed by atoms with Gasteiger partial charge in [0.1, 0.15) is 13.2 Å². The molecule has 2 aromatic carbocycles. The third kappa shape index (κ3) is 5.28. The number of carbonyl (C=O) groups is 2. The number of amides is 1. The molecule has 1 aliphatic heterocycles. The van der Waals surface area contributed by atoms with Crippen molar-refractivity contribution in [2.75, 3.05) is 32.2 Å². The molecule has 1 amide bonds. The zero-order valence-electron chi connectivity index (χ0n) is 16.6. The second kappa shape index (κ2) is 9.14. The summed E-state index contributed by atoms with van der Waals surface area (Å²) in [5.41, 5.74) is 3.42. The fourth-order valence-corrected chi connectivity index (χ4v) is 2.88. The second-order valence-corrected chi connectivity index (χ2v) is 6.55. The molecular formula is C22H23NO6. The number of carbonyl (C=O) groups excluding carboxylic acids is 2. The van der Waals surface area contributed by atoms with E-state index in [1.807, 2.05) is 32.0 Å². The van der Waals surface area contributed by atoms with Crippen LogP contribution in [0.3, 0.4) is 0 Å². The van der Waals surface area contributed by atoms with Gasteiger partial charge >= 0.3 is 5.97 Å². The Labute approximate surface area is 169 Å². The van der Waals surface area contributed by atoms with Gasteiger partial charge in [0, 0.05) is 11.8 Å². The van der Waals surface area contributed by atoms with Crippen molar-refractivity contribution in [2.24, 2.45) is 0 Å². The standard InChI is InChI=1S/C22H23NO6/c1-14-4-6-17(15(2)10-14)23-20(24)13-29-21(25)7-5-16-11-18(26-3)22-19(12-16)27-8-9-28-22/h4-7,10-12H,8-9,13H2,1-3H3,(H,23,24)/b7-5+. The Hall–Kier alpha value is -3.48. The normalized spacial score (nSPS) is 12.5. The van der Waals surface area contributed by atoms with Crippen LogP contribution < -0.4 is 19.5 Å². The Bertz CT molecular complexity index is 933. The van der Waals surface area contributed by atoms with Gasteiger partial charge in [0.2, 0.25) is 5.75 Å². The third-order valence-electron chi connectivity index (χ3n) is 4.26. The summed E-state index contributed by atoms with van der Waals surface area (Å²) in [4.78, 5) is 24.0. The minimum Gasteiger partial charge on any atom is -0.493 e. The molecular weight excluding hydrogens is 374 g/mol. The molecule has 1 N–H and O–H groups in total. The van der Waals surface area contributed by atoms with E-state index in [2.05, 4.69) is 5.32 Å². The third-order valence-corrected chi connectivity index (χ3v) is 4.26. The van der Waals surface area contributed by atoms with E-state index in [1.54, 1.807) is 18.2 Å². The molecule has 0 unspecified atom stereocenters. The summed E-state index contributed by atoms with van der Waals surface area (Å²) in [6.07, 6.45) is 2.81. The molecule has 7 heteroatoms. The van der Waals surface area contributed by atoms with Crippen LogP contribution in [0.2, 0.25) is 0 Å². The van der Waals surface area contributed by atoms with Crippen LogP contribution in [0.25, 0.3) is 6.08 Å². The van der Waals surface area contributed by atoms with E-state index in [1.165, 1.54) is 13.2 Å². The van der Waals surface area contributed by atoms with Crippen molar-refractivity contribution in [2.45, 2.75) is 13.8 Å². The predicted molar refractivity (Wildman–Crippen MR) is 109 cm³/mol. The fraction of sp³-hybridized carbons (Fsp3) is 0.273. The number of hydrogen-bond donors (Lipinski definition) is 1. The van der Waals surface area contributed by atoms with Gasteiger partial charge in [-0.3, -0.25) is 4.79 Å². The summed E-state index contributed by atoms with van der Waals surface area (Å²) < 4.78 is 21.4. The average molecular weight is 397 g/mol. The topological polar surface area (TPSA) is 83.1 Å². The molecule has 0 fully saturated rings. The Morgan fingerprint density at radius 1 is 1.14 bits per heavy atom. The van der Waals surface area contributed by atoms with E-state index in [9.17, 15) is 9.59 Å². The predicted octanol–water partition coefficient (Wildman–Crippen LogP) is 3.28. The summed E-state index contributed by atoms with van der Waals surface area (Å²) in [5.74, 6) is 0.579. The van der Waals surface area contributed by atoms with Gasteiger partial charge in [0.25, 0.3) is 5.91 Å².